The molecule has 0 aliphatic carbocycles. The maximum Gasteiger partial charge on any atom is 0.274 e. The van der Waals surface area contributed by atoms with E-state index in [0.717, 1.165) is 11.3 Å². The van der Waals surface area contributed by atoms with Gasteiger partial charge in [0.05, 0.1) is 17.5 Å². The summed E-state index contributed by atoms with van der Waals surface area (Å²) in [6, 6.07) is 7.54. The average Bonchev–Trinajstić information content (AvgIpc) is 2.91. The fourth-order valence-corrected chi connectivity index (χ4v) is 6.87. The molecule has 0 aromatic heterocycles. The number of benzene rings is 1. The Bertz CT molecular complexity index is 760. The largest absolute Gasteiger partial charge is 0.375 e. The number of hydrogen-bond donors (Lipinski definition) is 0. The van der Waals surface area contributed by atoms with Crippen molar-refractivity contribution >= 4 is 38.4 Å². The summed E-state index contributed by atoms with van der Waals surface area (Å²) >= 11 is 1.37. The minimum atomic E-state index is -3.05. The van der Waals surface area contributed by atoms with E-state index in [1.807, 2.05) is 36.1 Å². The van der Waals surface area contributed by atoms with Gasteiger partial charge in [0.2, 0.25) is 0 Å². The predicted octanol–water partition coefficient (Wildman–Crippen LogP) is 1.24. The molecule has 0 unspecified atom stereocenters. The van der Waals surface area contributed by atoms with Gasteiger partial charge in [0.1, 0.15) is 6.61 Å². The molecule has 2 atom stereocenters. The Hall–Kier alpha value is -1.38. The van der Waals surface area contributed by atoms with Crippen LogP contribution in [-0.4, -0.2) is 56.0 Å². The number of anilines is 1. The van der Waals surface area contributed by atoms with E-state index in [1.165, 1.54) is 18.9 Å². The highest BCUT2D eigenvalue weighted by Gasteiger charge is 2.49. The van der Waals surface area contributed by atoms with Crippen LogP contribution in [0.25, 0.3) is 0 Å². The molecule has 1 aromatic carbocycles. The van der Waals surface area contributed by atoms with Crippen molar-refractivity contribution in [1.29, 1.82) is 0 Å². The van der Waals surface area contributed by atoms with Crippen LogP contribution in [-0.2, 0) is 19.4 Å². The first-order chi connectivity index (χ1) is 10.9. The summed E-state index contributed by atoms with van der Waals surface area (Å²) in [6.45, 7) is 1.88. The van der Waals surface area contributed by atoms with Gasteiger partial charge in [-0.25, -0.2) is 8.42 Å². The molecule has 6 nitrogen and oxygen atoms in total. The first-order valence-corrected chi connectivity index (χ1v) is 9.94. The maximum absolute atomic E-state index is 12.0. The third-order valence-corrected chi connectivity index (χ3v) is 7.14. The van der Waals surface area contributed by atoms with Crippen molar-refractivity contribution in [2.75, 3.05) is 30.1 Å². The van der Waals surface area contributed by atoms with Crippen LogP contribution in [0.2, 0.25) is 0 Å². The van der Waals surface area contributed by atoms with Gasteiger partial charge in [-0.05, 0) is 18.6 Å². The van der Waals surface area contributed by atoms with Gasteiger partial charge in [0, 0.05) is 18.0 Å². The quantitative estimate of drug-likeness (QED) is 0.813. The van der Waals surface area contributed by atoms with Gasteiger partial charge in [-0.1, -0.05) is 30.0 Å². The highest BCUT2D eigenvalue weighted by atomic mass is 32.2. The normalized spacial score (nSPS) is 27.4. The number of aliphatic imine (C=N–C) groups is 1. The van der Waals surface area contributed by atoms with Gasteiger partial charge in [-0.3, -0.25) is 4.79 Å². The summed E-state index contributed by atoms with van der Waals surface area (Å²) in [7, 11) is -1.60. The molecule has 0 N–H and O–H groups in total. The molecule has 3 rings (SSSR count). The zero-order chi connectivity index (χ0) is 16.6. The summed E-state index contributed by atoms with van der Waals surface area (Å²) in [4.78, 5) is 17.9. The molecular weight excluding hydrogens is 336 g/mol. The van der Waals surface area contributed by atoms with E-state index in [4.69, 9.17) is 4.74 Å². The number of fused-ring (bicyclic) bond motifs is 1. The Balaban J connectivity index is 2.01. The van der Waals surface area contributed by atoms with Crippen molar-refractivity contribution in [1.82, 2.24) is 0 Å². The number of ether oxygens (including phenoxy) is 1. The molecule has 1 aromatic rings. The zero-order valence-electron chi connectivity index (χ0n) is 12.9. The summed E-state index contributed by atoms with van der Waals surface area (Å²) in [5, 5.41) is 0.472. The molecule has 2 aliphatic heterocycles. The maximum atomic E-state index is 12.0. The number of rotatable bonds is 3. The molecule has 0 radical (unpaired) electrons. The Labute approximate surface area is 139 Å². The number of aryl methyl sites for hydroxylation is 1. The standard InChI is InChI=1S/C15H18N2O4S2/c1-10-5-3-4-6-11(10)17-12-8-23(19,20)9-13(12)22-15(17)16-14(18)7-21-2/h3-6,12-13H,7-9H2,1-2H3/t12-,13+/m1/s1. The molecule has 0 saturated carbocycles. The Morgan fingerprint density at radius 3 is 2.83 bits per heavy atom. The highest BCUT2D eigenvalue weighted by Crippen LogP contribution is 2.41. The van der Waals surface area contributed by atoms with Crippen molar-refractivity contribution in [3.8, 4) is 0 Å². The lowest BCUT2D eigenvalue weighted by atomic mass is 10.1. The third-order valence-electron chi connectivity index (χ3n) is 3.93. The van der Waals surface area contributed by atoms with Gasteiger partial charge in [0.15, 0.2) is 15.0 Å². The van der Waals surface area contributed by atoms with E-state index >= 15 is 0 Å². The monoisotopic (exact) mass is 354 g/mol. The molecule has 2 aliphatic rings. The lowest BCUT2D eigenvalue weighted by Gasteiger charge is -2.26. The minimum Gasteiger partial charge on any atom is -0.375 e. The fraction of sp³-hybridized carbons (Fsp3) is 0.467. The Morgan fingerprint density at radius 1 is 1.39 bits per heavy atom. The second kappa shape index (κ2) is 6.26. The first-order valence-electron chi connectivity index (χ1n) is 7.23. The number of amidine groups is 1. The second-order valence-corrected chi connectivity index (χ2v) is 9.04. The van der Waals surface area contributed by atoms with Gasteiger partial charge < -0.3 is 9.64 Å². The molecule has 2 fully saturated rings. The summed E-state index contributed by atoms with van der Waals surface area (Å²) in [6.07, 6.45) is 0. The van der Waals surface area contributed by atoms with Crippen LogP contribution in [0, 0.1) is 6.92 Å². The third kappa shape index (κ3) is 3.29. The summed E-state index contributed by atoms with van der Waals surface area (Å²) in [5.74, 6) is -0.144. The number of sulfone groups is 1. The number of carbonyl (C=O) groups is 1. The molecular formula is C15H18N2O4S2. The number of thioether (sulfide) groups is 1. The van der Waals surface area contributed by atoms with Gasteiger partial charge in [-0.2, -0.15) is 4.99 Å². The van der Waals surface area contributed by atoms with Crippen LogP contribution >= 0.6 is 11.8 Å². The summed E-state index contributed by atoms with van der Waals surface area (Å²) < 4.78 is 28.8. The lowest BCUT2D eigenvalue weighted by molar-refractivity contribution is -0.121. The lowest BCUT2D eigenvalue weighted by Crippen LogP contribution is -2.38. The smallest absolute Gasteiger partial charge is 0.274 e. The van der Waals surface area contributed by atoms with Crippen molar-refractivity contribution < 1.29 is 17.9 Å². The number of nitrogens with zero attached hydrogens (tertiary/aromatic N) is 2. The number of para-hydroxylation sites is 1. The van der Waals surface area contributed by atoms with Gasteiger partial charge in [0.25, 0.3) is 5.91 Å². The fourth-order valence-electron chi connectivity index (χ4n) is 2.94. The van der Waals surface area contributed by atoms with E-state index in [-0.39, 0.29) is 35.3 Å². The Kier molecular flexibility index (Phi) is 4.48. The molecule has 8 heteroatoms. The van der Waals surface area contributed by atoms with E-state index in [2.05, 4.69) is 4.99 Å². The van der Waals surface area contributed by atoms with Crippen LogP contribution in [0.3, 0.4) is 0 Å². The topological polar surface area (TPSA) is 76.0 Å². The minimum absolute atomic E-state index is 0.0840. The summed E-state index contributed by atoms with van der Waals surface area (Å²) in [5.41, 5.74) is 1.92. The number of hydrogen-bond acceptors (Lipinski definition) is 5. The first kappa shape index (κ1) is 16.5. The second-order valence-electron chi connectivity index (χ2n) is 5.68. The highest BCUT2D eigenvalue weighted by molar-refractivity contribution is 8.16. The van der Waals surface area contributed by atoms with E-state index in [1.54, 1.807) is 0 Å². The zero-order valence-corrected chi connectivity index (χ0v) is 14.6. The van der Waals surface area contributed by atoms with E-state index in [9.17, 15) is 13.2 Å². The van der Waals surface area contributed by atoms with E-state index in [0.29, 0.717) is 5.17 Å². The van der Waals surface area contributed by atoms with Crippen molar-refractivity contribution in [2.24, 2.45) is 4.99 Å². The number of methoxy groups -OCH3 is 1. The van der Waals surface area contributed by atoms with Crippen molar-refractivity contribution in [3.05, 3.63) is 29.8 Å². The van der Waals surface area contributed by atoms with Crippen LogP contribution in [0.4, 0.5) is 5.69 Å². The predicted molar refractivity (Wildman–Crippen MR) is 91.8 cm³/mol. The molecule has 1 amide bonds. The van der Waals surface area contributed by atoms with Crippen LogP contribution < -0.4 is 4.90 Å². The van der Waals surface area contributed by atoms with Crippen LogP contribution in [0.15, 0.2) is 29.3 Å². The van der Waals surface area contributed by atoms with Crippen LogP contribution in [0.1, 0.15) is 5.56 Å². The molecule has 0 bridgehead atoms. The molecule has 23 heavy (non-hydrogen) atoms. The van der Waals surface area contributed by atoms with Crippen molar-refractivity contribution in [2.45, 2.75) is 18.2 Å². The van der Waals surface area contributed by atoms with E-state index < -0.39 is 9.84 Å². The number of carbonyl (C=O) groups excluding carboxylic acids is 1. The van der Waals surface area contributed by atoms with Crippen LogP contribution in [0.5, 0.6) is 0 Å². The number of amides is 1. The molecule has 2 saturated heterocycles. The van der Waals surface area contributed by atoms with Gasteiger partial charge in [-0.15, -0.1) is 0 Å². The average molecular weight is 354 g/mol. The SMILES string of the molecule is COCC(=O)N=C1S[C@H]2CS(=O)(=O)C[C@H]2N1c1ccccc1C. The Morgan fingerprint density at radius 2 is 2.13 bits per heavy atom. The molecule has 2 heterocycles. The molecule has 124 valence electrons. The van der Waals surface area contributed by atoms with Crippen molar-refractivity contribution in [3.63, 3.8) is 0 Å². The van der Waals surface area contributed by atoms with Gasteiger partial charge >= 0.3 is 0 Å². The molecule has 0 spiro atoms.